The van der Waals surface area contributed by atoms with Crippen molar-refractivity contribution in [2.75, 3.05) is 0 Å². The normalized spacial score (nSPS) is 47.8. The van der Waals surface area contributed by atoms with Crippen molar-refractivity contribution in [2.24, 2.45) is 5.92 Å². The van der Waals surface area contributed by atoms with Gasteiger partial charge in [0.05, 0.1) is 12.2 Å². The summed E-state index contributed by atoms with van der Waals surface area (Å²) in [6.07, 6.45) is 5.01. The molecule has 3 atom stereocenters. The minimum Gasteiger partial charge on any atom is -0.374 e. The van der Waals surface area contributed by atoms with E-state index in [1.54, 1.807) is 0 Å². The molecule has 2 nitrogen and oxygen atoms in total. The fourth-order valence-corrected chi connectivity index (χ4v) is 1.82. The first-order chi connectivity index (χ1) is 4.40. The van der Waals surface area contributed by atoms with Crippen LogP contribution >= 0.6 is 0 Å². The topological polar surface area (TPSA) is 26.3 Å². The molecule has 0 saturated carbocycles. The van der Waals surface area contributed by atoms with Gasteiger partial charge >= 0.3 is 0 Å². The summed E-state index contributed by atoms with van der Waals surface area (Å²) in [5.41, 5.74) is 0. The lowest BCUT2D eigenvalue weighted by molar-refractivity contribution is -0.112. The highest BCUT2D eigenvalue weighted by molar-refractivity contribution is 5.55. The van der Waals surface area contributed by atoms with Crippen LogP contribution in [0.5, 0.6) is 0 Å². The van der Waals surface area contributed by atoms with E-state index in [9.17, 15) is 4.79 Å². The first kappa shape index (κ1) is 5.42. The van der Waals surface area contributed by atoms with Crippen molar-refractivity contribution in [1.82, 2.24) is 0 Å². The summed E-state index contributed by atoms with van der Waals surface area (Å²) in [4.78, 5) is 10.3. The Kier molecular flexibility index (Phi) is 1.09. The smallest absolute Gasteiger partial charge is 0.125 e. The Morgan fingerprint density at radius 2 is 2.33 bits per heavy atom. The maximum absolute atomic E-state index is 10.3. The molecule has 0 spiro atoms. The van der Waals surface area contributed by atoms with E-state index in [4.69, 9.17) is 4.74 Å². The minimum atomic E-state index is 0.226. The average molecular weight is 126 g/mol. The number of carbonyl (C=O) groups is 1. The Morgan fingerprint density at radius 3 is 2.67 bits per heavy atom. The molecule has 0 N–H and O–H groups in total. The molecule has 2 heteroatoms. The summed E-state index contributed by atoms with van der Waals surface area (Å²) >= 11 is 0. The molecule has 0 aromatic carbocycles. The summed E-state index contributed by atoms with van der Waals surface area (Å²) in [7, 11) is 0. The number of rotatable bonds is 1. The minimum absolute atomic E-state index is 0.226. The van der Waals surface area contributed by atoms with Crippen LogP contribution < -0.4 is 0 Å². The number of aldehydes is 1. The number of carbonyl (C=O) groups excluding carboxylic acids is 1. The lowest BCUT2D eigenvalue weighted by atomic mass is 9.91. The summed E-state index contributed by atoms with van der Waals surface area (Å²) in [6.45, 7) is 0. The highest BCUT2D eigenvalue weighted by atomic mass is 16.5. The van der Waals surface area contributed by atoms with Gasteiger partial charge in [-0.2, -0.15) is 0 Å². The fourth-order valence-electron chi connectivity index (χ4n) is 1.82. The monoisotopic (exact) mass is 126 g/mol. The Morgan fingerprint density at radius 1 is 1.44 bits per heavy atom. The van der Waals surface area contributed by atoms with Crippen LogP contribution in [0.25, 0.3) is 0 Å². The van der Waals surface area contributed by atoms with Gasteiger partial charge in [0.2, 0.25) is 0 Å². The highest BCUT2D eigenvalue weighted by Gasteiger charge is 2.40. The summed E-state index contributed by atoms with van der Waals surface area (Å²) in [5.74, 6) is 0.226. The second-order valence-electron chi connectivity index (χ2n) is 2.91. The van der Waals surface area contributed by atoms with Gasteiger partial charge in [-0.1, -0.05) is 0 Å². The molecule has 9 heavy (non-hydrogen) atoms. The number of ether oxygens (including phenoxy) is 1. The van der Waals surface area contributed by atoms with Crippen LogP contribution in [0, 0.1) is 5.92 Å². The molecule has 0 aromatic rings. The zero-order valence-corrected chi connectivity index (χ0v) is 5.25. The second-order valence-corrected chi connectivity index (χ2v) is 2.91. The first-order valence-electron chi connectivity index (χ1n) is 3.51. The van der Waals surface area contributed by atoms with E-state index in [1.165, 1.54) is 6.42 Å². The molecule has 2 heterocycles. The van der Waals surface area contributed by atoms with Crippen molar-refractivity contribution < 1.29 is 9.53 Å². The van der Waals surface area contributed by atoms with E-state index in [0.717, 1.165) is 19.1 Å². The molecule has 0 unspecified atom stereocenters. The molecule has 2 bridgehead atoms. The van der Waals surface area contributed by atoms with Crippen molar-refractivity contribution in [1.29, 1.82) is 0 Å². The van der Waals surface area contributed by atoms with E-state index >= 15 is 0 Å². The second kappa shape index (κ2) is 1.81. The largest absolute Gasteiger partial charge is 0.374 e. The van der Waals surface area contributed by atoms with Crippen LogP contribution in [0.2, 0.25) is 0 Å². The molecule has 2 aliphatic heterocycles. The molecule has 50 valence electrons. The van der Waals surface area contributed by atoms with E-state index in [2.05, 4.69) is 0 Å². The van der Waals surface area contributed by atoms with Gasteiger partial charge in [0.1, 0.15) is 6.29 Å². The van der Waals surface area contributed by atoms with Crippen LogP contribution in [-0.2, 0) is 9.53 Å². The molecule has 2 saturated heterocycles. The van der Waals surface area contributed by atoms with Crippen LogP contribution in [-0.4, -0.2) is 18.5 Å². The average Bonchev–Trinajstić information content (AvgIpc) is 2.45. The zero-order valence-electron chi connectivity index (χ0n) is 5.25. The molecule has 2 rings (SSSR count). The maximum atomic E-state index is 10.3. The van der Waals surface area contributed by atoms with E-state index in [1.807, 2.05) is 0 Å². The lowest BCUT2D eigenvalue weighted by Gasteiger charge is -2.09. The molecular weight excluding hydrogens is 116 g/mol. The number of fused-ring (bicyclic) bond motifs is 2. The standard InChI is InChI=1S/C7H10O2/c8-4-5-3-6-1-2-7(5)9-6/h4-7H,1-3H2/t5-,6-,7+/m0/s1. The molecule has 0 aliphatic carbocycles. The fraction of sp³-hybridized carbons (Fsp3) is 0.857. The number of hydrogen-bond donors (Lipinski definition) is 0. The quantitative estimate of drug-likeness (QED) is 0.485. The van der Waals surface area contributed by atoms with Crippen LogP contribution in [0.15, 0.2) is 0 Å². The molecule has 0 radical (unpaired) electrons. The third-order valence-electron chi connectivity index (χ3n) is 2.33. The Balaban J connectivity index is 2.09. The maximum Gasteiger partial charge on any atom is 0.125 e. The van der Waals surface area contributed by atoms with Crippen molar-refractivity contribution >= 4 is 6.29 Å². The molecular formula is C7H10O2. The Hall–Kier alpha value is -0.370. The van der Waals surface area contributed by atoms with Gasteiger partial charge in [-0.15, -0.1) is 0 Å². The van der Waals surface area contributed by atoms with Crippen molar-refractivity contribution in [3.8, 4) is 0 Å². The predicted molar refractivity (Wildman–Crippen MR) is 32.1 cm³/mol. The van der Waals surface area contributed by atoms with Crippen molar-refractivity contribution in [2.45, 2.75) is 31.5 Å². The lowest BCUT2D eigenvalue weighted by Crippen LogP contribution is -2.16. The molecule has 2 aliphatic rings. The van der Waals surface area contributed by atoms with Gasteiger partial charge in [0.25, 0.3) is 0 Å². The summed E-state index contributed by atoms with van der Waals surface area (Å²) in [6, 6.07) is 0. The van der Waals surface area contributed by atoms with Gasteiger partial charge in [0.15, 0.2) is 0 Å². The van der Waals surface area contributed by atoms with E-state index < -0.39 is 0 Å². The van der Waals surface area contributed by atoms with Crippen LogP contribution in [0.4, 0.5) is 0 Å². The third-order valence-corrected chi connectivity index (χ3v) is 2.33. The third kappa shape index (κ3) is 0.697. The summed E-state index contributed by atoms with van der Waals surface area (Å²) < 4.78 is 5.44. The van der Waals surface area contributed by atoms with Gasteiger partial charge < -0.3 is 9.53 Å². The van der Waals surface area contributed by atoms with E-state index in [-0.39, 0.29) is 12.0 Å². The van der Waals surface area contributed by atoms with Gasteiger partial charge in [0, 0.05) is 5.92 Å². The van der Waals surface area contributed by atoms with Crippen molar-refractivity contribution in [3.63, 3.8) is 0 Å². The van der Waals surface area contributed by atoms with Gasteiger partial charge in [-0.05, 0) is 19.3 Å². The van der Waals surface area contributed by atoms with Crippen LogP contribution in [0.1, 0.15) is 19.3 Å². The Bertz CT molecular complexity index is 133. The summed E-state index contributed by atoms with van der Waals surface area (Å²) in [5, 5.41) is 0. The molecule has 0 aromatic heterocycles. The van der Waals surface area contributed by atoms with E-state index in [0.29, 0.717) is 6.10 Å². The van der Waals surface area contributed by atoms with Crippen molar-refractivity contribution in [3.05, 3.63) is 0 Å². The highest BCUT2D eigenvalue weighted by Crippen LogP contribution is 2.37. The predicted octanol–water partition coefficient (Wildman–Crippen LogP) is 0.753. The molecule has 0 amide bonds. The van der Waals surface area contributed by atoms with Crippen LogP contribution in [0.3, 0.4) is 0 Å². The Labute approximate surface area is 54.2 Å². The number of hydrogen-bond acceptors (Lipinski definition) is 2. The van der Waals surface area contributed by atoms with Gasteiger partial charge in [-0.25, -0.2) is 0 Å². The molecule has 2 fully saturated rings. The zero-order chi connectivity index (χ0) is 6.27. The SMILES string of the molecule is O=C[C@@H]1C[C@@H]2CC[C@H]1O2. The first-order valence-corrected chi connectivity index (χ1v) is 3.51. The van der Waals surface area contributed by atoms with Gasteiger partial charge in [-0.3, -0.25) is 0 Å².